The molecule has 0 aliphatic heterocycles. The van der Waals surface area contributed by atoms with Gasteiger partial charge in [-0.05, 0) is 31.2 Å². The highest BCUT2D eigenvalue weighted by Gasteiger charge is 2.16. The molecule has 0 atom stereocenters. The molecule has 2 aromatic rings. The highest BCUT2D eigenvalue weighted by atomic mass is 32.2. The Morgan fingerprint density at radius 2 is 1.89 bits per heavy atom. The standard InChI is InChI=1S/C11H12FN3O2S/c1-8-11(7-13-15(8)2)14-18(16,17)10-5-3-9(12)4-6-10/h3-7,14H,1-2H3. The molecule has 0 radical (unpaired) electrons. The van der Waals surface area contributed by atoms with E-state index >= 15 is 0 Å². The number of anilines is 1. The molecule has 0 fully saturated rings. The number of sulfonamides is 1. The van der Waals surface area contributed by atoms with Gasteiger partial charge in [0.25, 0.3) is 10.0 Å². The van der Waals surface area contributed by atoms with Crippen LogP contribution >= 0.6 is 0 Å². The van der Waals surface area contributed by atoms with Gasteiger partial charge in [-0.15, -0.1) is 0 Å². The second-order valence-corrected chi connectivity index (χ2v) is 5.51. The lowest BCUT2D eigenvalue weighted by molar-refractivity contribution is 0.599. The maximum atomic E-state index is 12.7. The predicted octanol–water partition coefficient (Wildman–Crippen LogP) is 1.67. The zero-order chi connectivity index (χ0) is 13.3. The molecule has 7 heteroatoms. The molecule has 0 unspecified atom stereocenters. The molecule has 1 aromatic heterocycles. The quantitative estimate of drug-likeness (QED) is 0.921. The van der Waals surface area contributed by atoms with Crippen molar-refractivity contribution in [3.63, 3.8) is 0 Å². The Bertz CT molecular complexity index is 662. The summed E-state index contributed by atoms with van der Waals surface area (Å²) >= 11 is 0. The molecule has 0 saturated heterocycles. The Morgan fingerprint density at radius 3 is 2.39 bits per heavy atom. The number of nitrogens with zero attached hydrogens (tertiary/aromatic N) is 2. The first-order chi connectivity index (χ1) is 8.40. The first-order valence-electron chi connectivity index (χ1n) is 5.17. The number of aryl methyl sites for hydroxylation is 1. The van der Waals surface area contributed by atoms with Crippen LogP contribution in [0, 0.1) is 12.7 Å². The van der Waals surface area contributed by atoms with Gasteiger partial charge in [-0.3, -0.25) is 9.40 Å². The summed E-state index contributed by atoms with van der Waals surface area (Å²) in [4.78, 5) is 0.00662. The van der Waals surface area contributed by atoms with Crippen molar-refractivity contribution in [3.8, 4) is 0 Å². The average Bonchev–Trinajstić information content (AvgIpc) is 2.61. The van der Waals surface area contributed by atoms with Gasteiger partial charge in [0.15, 0.2) is 0 Å². The van der Waals surface area contributed by atoms with Crippen molar-refractivity contribution >= 4 is 15.7 Å². The molecule has 0 bridgehead atoms. The van der Waals surface area contributed by atoms with E-state index in [0.29, 0.717) is 11.4 Å². The minimum absolute atomic E-state index is 0.00662. The monoisotopic (exact) mass is 269 g/mol. The summed E-state index contributed by atoms with van der Waals surface area (Å²) in [7, 11) is -2.00. The van der Waals surface area contributed by atoms with Crippen LogP contribution < -0.4 is 4.72 Å². The van der Waals surface area contributed by atoms with E-state index in [1.807, 2.05) is 0 Å². The zero-order valence-electron chi connectivity index (χ0n) is 9.88. The van der Waals surface area contributed by atoms with Crippen molar-refractivity contribution in [2.45, 2.75) is 11.8 Å². The Hall–Kier alpha value is -1.89. The predicted molar refractivity (Wildman–Crippen MR) is 65.2 cm³/mol. The molecule has 1 aromatic carbocycles. The van der Waals surface area contributed by atoms with E-state index < -0.39 is 15.8 Å². The number of aromatic nitrogens is 2. The number of hydrogen-bond acceptors (Lipinski definition) is 3. The minimum Gasteiger partial charge on any atom is -0.276 e. The summed E-state index contributed by atoms with van der Waals surface area (Å²) in [6.07, 6.45) is 1.43. The Morgan fingerprint density at radius 1 is 1.28 bits per heavy atom. The summed E-state index contributed by atoms with van der Waals surface area (Å²) in [5.74, 6) is -0.480. The number of nitrogens with one attached hydrogen (secondary N) is 1. The summed E-state index contributed by atoms with van der Waals surface area (Å²) in [6, 6.07) is 4.63. The van der Waals surface area contributed by atoms with Gasteiger partial charge in [0.1, 0.15) is 5.82 Å². The van der Waals surface area contributed by atoms with Crippen molar-refractivity contribution in [3.05, 3.63) is 42.0 Å². The van der Waals surface area contributed by atoms with Crippen molar-refractivity contribution in [1.29, 1.82) is 0 Å². The van der Waals surface area contributed by atoms with Crippen molar-refractivity contribution in [2.75, 3.05) is 4.72 Å². The Kier molecular flexibility index (Phi) is 3.08. The van der Waals surface area contributed by atoms with E-state index in [9.17, 15) is 12.8 Å². The maximum Gasteiger partial charge on any atom is 0.262 e. The van der Waals surface area contributed by atoms with Crippen LogP contribution in [0.1, 0.15) is 5.69 Å². The van der Waals surface area contributed by atoms with Crippen LogP contribution in [-0.2, 0) is 17.1 Å². The first-order valence-corrected chi connectivity index (χ1v) is 6.65. The van der Waals surface area contributed by atoms with Gasteiger partial charge in [0, 0.05) is 7.05 Å². The number of halogens is 1. The summed E-state index contributed by atoms with van der Waals surface area (Å²) in [5, 5.41) is 3.94. The Balaban J connectivity index is 2.33. The fourth-order valence-corrected chi connectivity index (χ4v) is 2.52. The summed E-state index contributed by atoms with van der Waals surface area (Å²) in [6.45, 7) is 1.75. The number of rotatable bonds is 3. The smallest absolute Gasteiger partial charge is 0.262 e. The topological polar surface area (TPSA) is 64.0 Å². The molecule has 0 saturated carbocycles. The minimum atomic E-state index is -3.71. The van der Waals surface area contributed by atoms with Crippen molar-refractivity contribution in [1.82, 2.24) is 9.78 Å². The second kappa shape index (κ2) is 4.41. The maximum absolute atomic E-state index is 12.7. The van der Waals surface area contributed by atoms with Gasteiger partial charge in [-0.2, -0.15) is 5.10 Å². The largest absolute Gasteiger partial charge is 0.276 e. The fourth-order valence-electron chi connectivity index (χ4n) is 1.42. The van der Waals surface area contributed by atoms with Gasteiger partial charge in [-0.1, -0.05) is 0 Å². The van der Waals surface area contributed by atoms with E-state index in [0.717, 1.165) is 12.1 Å². The zero-order valence-corrected chi connectivity index (χ0v) is 10.7. The molecule has 5 nitrogen and oxygen atoms in total. The molecule has 0 amide bonds. The molecule has 0 aliphatic carbocycles. The highest BCUT2D eigenvalue weighted by molar-refractivity contribution is 7.92. The van der Waals surface area contributed by atoms with E-state index in [4.69, 9.17) is 0 Å². The lowest BCUT2D eigenvalue weighted by Crippen LogP contribution is -2.13. The molecule has 96 valence electrons. The van der Waals surface area contributed by atoms with Crippen LogP contribution in [-0.4, -0.2) is 18.2 Å². The highest BCUT2D eigenvalue weighted by Crippen LogP contribution is 2.18. The molecule has 18 heavy (non-hydrogen) atoms. The molecular formula is C11H12FN3O2S. The van der Waals surface area contributed by atoms with Crippen LogP contribution in [0.25, 0.3) is 0 Å². The molecule has 2 rings (SSSR count). The van der Waals surface area contributed by atoms with Crippen LogP contribution in [0.2, 0.25) is 0 Å². The molecular weight excluding hydrogens is 257 g/mol. The first kappa shape index (κ1) is 12.6. The van der Waals surface area contributed by atoms with Gasteiger partial charge >= 0.3 is 0 Å². The number of hydrogen-bond donors (Lipinski definition) is 1. The van der Waals surface area contributed by atoms with Crippen LogP contribution in [0.15, 0.2) is 35.4 Å². The lowest BCUT2D eigenvalue weighted by Gasteiger charge is -2.07. The van der Waals surface area contributed by atoms with Crippen molar-refractivity contribution < 1.29 is 12.8 Å². The third-order valence-corrected chi connectivity index (χ3v) is 3.98. The van der Waals surface area contributed by atoms with Crippen LogP contribution in [0.4, 0.5) is 10.1 Å². The molecule has 1 N–H and O–H groups in total. The summed E-state index contributed by atoms with van der Waals surface area (Å²) in [5.41, 5.74) is 1.10. The summed E-state index contributed by atoms with van der Waals surface area (Å²) < 4.78 is 40.7. The fraction of sp³-hybridized carbons (Fsp3) is 0.182. The second-order valence-electron chi connectivity index (χ2n) is 3.83. The van der Waals surface area contributed by atoms with E-state index in [1.165, 1.54) is 18.3 Å². The van der Waals surface area contributed by atoms with Gasteiger partial charge in [0.2, 0.25) is 0 Å². The molecule has 0 aliphatic rings. The third kappa shape index (κ3) is 2.35. The third-order valence-electron chi connectivity index (χ3n) is 2.60. The lowest BCUT2D eigenvalue weighted by atomic mass is 10.4. The SMILES string of the molecule is Cc1c(NS(=O)(=O)c2ccc(F)cc2)cnn1C. The number of benzene rings is 1. The molecule has 0 spiro atoms. The van der Waals surface area contributed by atoms with Crippen LogP contribution in [0.5, 0.6) is 0 Å². The van der Waals surface area contributed by atoms with E-state index in [2.05, 4.69) is 9.82 Å². The normalized spacial score (nSPS) is 11.5. The van der Waals surface area contributed by atoms with Gasteiger partial charge in [-0.25, -0.2) is 12.8 Å². The molecule has 1 heterocycles. The Labute approximate surface area is 104 Å². The van der Waals surface area contributed by atoms with Gasteiger partial charge < -0.3 is 0 Å². The van der Waals surface area contributed by atoms with Crippen molar-refractivity contribution in [2.24, 2.45) is 7.05 Å². The van der Waals surface area contributed by atoms with E-state index in [1.54, 1.807) is 18.7 Å². The van der Waals surface area contributed by atoms with Gasteiger partial charge in [0.05, 0.1) is 22.5 Å². The van der Waals surface area contributed by atoms with E-state index in [-0.39, 0.29) is 4.90 Å². The average molecular weight is 269 g/mol. The van der Waals surface area contributed by atoms with Crippen LogP contribution in [0.3, 0.4) is 0 Å².